The lowest BCUT2D eigenvalue weighted by atomic mass is 10.1. The monoisotopic (exact) mass is 480 g/mol. The summed E-state index contributed by atoms with van der Waals surface area (Å²) in [5.41, 5.74) is 2.21. The van der Waals surface area contributed by atoms with Crippen LogP contribution in [0.3, 0.4) is 0 Å². The van der Waals surface area contributed by atoms with Crippen molar-refractivity contribution in [3.8, 4) is 23.1 Å². The number of likely N-dealkylation sites (tertiary alicyclic amines) is 1. The van der Waals surface area contributed by atoms with Gasteiger partial charge in [-0.25, -0.2) is 4.39 Å². The largest absolute Gasteiger partial charge is 0.416 e. The summed E-state index contributed by atoms with van der Waals surface area (Å²) >= 11 is 0. The Kier molecular flexibility index (Phi) is 5.36. The van der Waals surface area contributed by atoms with Crippen LogP contribution < -0.4 is 0 Å². The van der Waals surface area contributed by atoms with E-state index in [0.29, 0.717) is 33.5 Å². The third kappa shape index (κ3) is 4.14. The van der Waals surface area contributed by atoms with Crippen LogP contribution >= 0.6 is 0 Å². The number of H-pyrrole nitrogens is 1. The van der Waals surface area contributed by atoms with Gasteiger partial charge in [0, 0.05) is 31.0 Å². The van der Waals surface area contributed by atoms with Gasteiger partial charge in [0.15, 0.2) is 5.83 Å². The molecule has 3 aromatic heterocycles. The molecule has 5 rings (SSSR count). The van der Waals surface area contributed by atoms with Crippen LogP contribution in [0, 0.1) is 11.8 Å². The lowest BCUT2D eigenvalue weighted by Crippen LogP contribution is -2.51. The first-order chi connectivity index (χ1) is 16.7. The summed E-state index contributed by atoms with van der Waals surface area (Å²) in [6.45, 7) is 3.42. The fraction of sp³-hybridized carbons (Fsp3) is 0.167. The Bertz CT molecular complexity index is 1490. The molecule has 0 radical (unpaired) electrons. The summed E-state index contributed by atoms with van der Waals surface area (Å²) in [6, 6.07) is 7.74. The van der Waals surface area contributed by atoms with Crippen LogP contribution in [0.5, 0.6) is 0 Å². The Morgan fingerprint density at radius 2 is 1.83 bits per heavy atom. The molecular weight excluding hydrogens is 464 g/mol. The topological polar surface area (TPSA) is 79.7 Å². The molecule has 0 atom stereocenters. The van der Waals surface area contributed by atoms with Crippen LogP contribution in [-0.4, -0.2) is 48.9 Å². The number of halogens is 4. The Morgan fingerprint density at radius 3 is 2.46 bits per heavy atom. The maximum Gasteiger partial charge on any atom is 0.416 e. The van der Waals surface area contributed by atoms with Gasteiger partial charge >= 0.3 is 6.18 Å². The average Bonchev–Trinajstić information content (AvgIpc) is 3.45. The van der Waals surface area contributed by atoms with Gasteiger partial charge in [-0.2, -0.15) is 23.4 Å². The number of hydrogen-bond acceptors (Lipinski definition) is 4. The number of aromatic nitrogens is 5. The van der Waals surface area contributed by atoms with Crippen molar-refractivity contribution in [3.05, 3.63) is 78.0 Å². The number of carbonyl (C=O) groups excluding carboxylic acids is 1. The summed E-state index contributed by atoms with van der Waals surface area (Å²) in [4.78, 5) is 17.6. The van der Waals surface area contributed by atoms with E-state index in [2.05, 4.69) is 38.7 Å². The minimum absolute atomic E-state index is 0.188. The van der Waals surface area contributed by atoms with Crippen molar-refractivity contribution in [2.45, 2.75) is 12.2 Å². The summed E-state index contributed by atoms with van der Waals surface area (Å²) in [5, 5.41) is 11.3. The fourth-order valence-electron chi connectivity index (χ4n) is 3.85. The number of rotatable bonds is 3. The van der Waals surface area contributed by atoms with Gasteiger partial charge in [-0.1, -0.05) is 24.6 Å². The van der Waals surface area contributed by atoms with E-state index in [1.54, 1.807) is 29.2 Å². The minimum atomic E-state index is -4.46. The van der Waals surface area contributed by atoms with Crippen molar-refractivity contribution in [1.29, 1.82) is 0 Å². The van der Waals surface area contributed by atoms with Crippen molar-refractivity contribution in [1.82, 2.24) is 29.9 Å². The zero-order valence-electron chi connectivity index (χ0n) is 18.0. The zero-order valence-corrected chi connectivity index (χ0v) is 18.0. The van der Waals surface area contributed by atoms with Crippen LogP contribution in [0.4, 0.5) is 17.6 Å². The second-order valence-corrected chi connectivity index (χ2v) is 7.91. The standard InChI is InChI=1S/C24H16F4N6O/c1-14(25)23(35)33-12-19(13-33)34-22-16(4-7-18-9-11-30-31-18)8-10-29-21(22)20(32-34)15-2-5-17(6-3-15)24(26,27)28/h2-3,5-6,8-11,19H,1,12-13H2,(H,30,31). The molecule has 1 aliphatic rings. The Balaban J connectivity index is 1.60. The predicted molar refractivity (Wildman–Crippen MR) is 118 cm³/mol. The molecule has 0 bridgehead atoms. The number of carbonyl (C=O) groups is 1. The van der Waals surface area contributed by atoms with Gasteiger partial charge < -0.3 is 4.90 Å². The summed E-state index contributed by atoms with van der Waals surface area (Å²) in [7, 11) is 0. The molecule has 0 aliphatic carbocycles. The molecule has 1 aromatic carbocycles. The molecule has 176 valence electrons. The highest BCUT2D eigenvalue weighted by Crippen LogP contribution is 2.35. The molecule has 1 aliphatic heterocycles. The lowest BCUT2D eigenvalue weighted by Gasteiger charge is -2.39. The first-order valence-corrected chi connectivity index (χ1v) is 10.4. The Labute approximate surface area is 196 Å². The van der Waals surface area contributed by atoms with Gasteiger partial charge in [0.25, 0.3) is 5.91 Å². The number of amides is 1. The molecule has 1 fully saturated rings. The molecule has 1 saturated heterocycles. The van der Waals surface area contributed by atoms with Crippen LogP contribution in [-0.2, 0) is 11.0 Å². The number of pyridine rings is 1. The lowest BCUT2D eigenvalue weighted by molar-refractivity contribution is -0.137. The van der Waals surface area contributed by atoms with E-state index in [1.807, 2.05) is 0 Å². The van der Waals surface area contributed by atoms with Gasteiger partial charge in [0.2, 0.25) is 0 Å². The molecular formula is C24H16F4N6O. The predicted octanol–water partition coefficient (Wildman–Crippen LogP) is 4.11. The molecule has 4 aromatic rings. The van der Waals surface area contributed by atoms with E-state index >= 15 is 0 Å². The molecule has 4 heterocycles. The van der Waals surface area contributed by atoms with E-state index < -0.39 is 23.5 Å². The second-order valence-electron chi connectivity index (χ2n) is 7.91. The van der Waals surface area contributed by atoms with Crippen molar-refractivity contribution in [3.63, 3.8) is 0 Å². The molecule has 0 spiro atoms. The smallest absolute Gasteiger partial charge is 0.332 e. The third-order valence-corrected chi connectivity index (χ3v) is 5.63. The van der Waals surface area contributed by atoms with Crippen LogP contribution in [0.1, 0.15) is 22.9 Å². The molecule has 35 heavy (non-hydrogen) atoms. The highest BCUT2D eigenvalue weighted by atomic mass is 19.4. The van der Waals surface area contributed by atoms with Crippen molar-refractivity contribution < 1.29 is 22.4 Å². The average molecular weight is 480 g/mol. The van der Waals surface area contributed by atoms with Gasteiger partial charge in [-0.05, 0) is 30.2 Å². The number of aromatic amines is 1. The maximum absolute atomic E-state index is 13.3. The molecule has 7 nitrogen and oxygen atoms in total. The van der Waals surface area contributed by atoms with E-state index in [1.165, 1.54) is 17.0 Å². The zero-order chi connectivity index (χ0) is 24.7. The van der Waals surface area contributed by atoms with Crippen LogP contribution in [0.25, 0.3) is 22.3 Å². The normalized spacial score (nSPS) is 13.9. The van der Waals surface area contributed by atoms with Gasteiger partial charge in [-0.3, -0.25) is 19.6 Å². The van der Waals surface area contributed by atoms with Crippen molar-refractivity contribution in [2.24, 2.45) is 0 Å². The summed E-state index contributed by atoms with van der Waals surface area (Å²) in [5.74, 6) is 4.17. The number of benzene rings is 1. The summed E-state index contributed by atoms with van der Waals surface area (Å²) in [6.07, 6.45) is -1.35. The Morgan fingerprint density at radius 1 is 1.09 bits per heavy atom. The van der Waals surface area contributed by atoms with E-state index in [0.717, 1.165) is 12.1 Å². The van der Waals surface area contributed by atoms with E-state index in [4.69, 9.17) is 0 Å². The van der Waals surface area contributed by atoms with Gasteiger partial charge in [0.1, 0.15) is 22.4 Å². The number of nitrogens with one attached hydrogen (secondary N) is 1. The van der Waals surface area contributed by atoms with Gasteiger partial charge in [0.05, 0.1) is 17.2 Å². The number of nitrogens with zero attached hydrogens (tertiary/aromatic N) is 5. The number of fused-ring (bicyclic) bond motifs is 1. The van der Waals surface area contributed by atoms with Gasteiger partial charge in [-0.15, -0.1) is 0 Å². The van der Waals surface area contributed by atoms with E-state index in [9.17, 15) is 22.4 Å². The molecule has 0 saturated carbocycles. The SMILES string of the molecule is C=C(F)C(=O)N1CC(n2nc(-c3ccc(C(F)(F)F)cc3)c3nccc(C#Cc4ccn[nH]4)c32)C1. The quantitative estimate of drug-likeness (QED) is 0.272. The first kappa shape index (κ1) is 22.3. The molecule has 0 unspecified atom stereocenters. The first-order valence-electron chi connectivity index (χ1n) is 10.4. The maximum atomic E-state index is 13.3. The molecule has 11 heteroatoms. The number of alkyl halides is 3. The van der Waals surface area contributed by atoms with E-state index in [-0.39, 0.29) is 19.1 Å². The van der Waals surface area contributed by atoms with Crippen molar-refractivity contribution in [2.75, 3.05) is 13.1 Å². The minimum Gasteiger partial charge on any atom is -0.332 e. The van der Waals surface area contributed by atoms with Crippen molar-refractivity contribution >= 4 is 16.9 Å². The number of hydrogen-bond donors (Lipinski definition) is 1. The van der Waals surface area contributed by atoms with Crippen LogP contribution in [0.15, 0.2) is 61.2 Å². The van der Waals surface area contributed by atoms with Crippen LogP contribution in [0.2, 0.25) is 0 Å². The fourth-order valence-corrected chi connectivity index (χ4v) is 3.85. The molecule has 1 amide bonds. The highest BCUT2D eigenvalue weighted by molar-refractivity contribution is 5.94. The highest BCUT2D eigenvalue weighted by Gasteiger charge is 2.36. The third-order valence-electron chi connectivity index (χ3n) is 5.63. The Hall–Kier alpha value is -4.46. The molecule has 1 N–H and O–H groups in total. The summed E-state index contributed by atoms with van der Waals surface area (Å²) < 4.78 is 54.0. The second kappa shape index (κ2) is 8.39.